The van der Waals surface area contributed by atoms with Crippen LogP contribution in [0.5, 0.6) is 0 Å². The normalized spacial score (nSPS) is 20.7. The maximum atomic E-state index is 4.70. The van der Waals surface area contributed by atoms with E-state index in [0.29, 0.717) is 0 Å². The second-order valence-electron chi connectivity index (χ2n) is 4.28. The molecule has 0 aliphatic carbocycles. The highest BCUT2D eigenvalue weighted by Gasteiger charge is 2.16. The zero-order valence-corrected chi connectivity index (χ0v) is 11.3. The molecule has 1 fully saturated rings. The third-order valence-corrected chi connectivity index (χ3v) is 4.57. The Kier molecular flexibility index (Phi) is 2.96. The summed E-state index contributed by atoms with van der Waals surface area (Å²) < 4.78 is 2.41. The van der Waals surface area contributed by atoms with Gasteiger partial charge in [0.05, 0.1) is 15.2 Å². The Morgan fingerprint density at radius 2 is 2.44 bits per heavy atom. The van der Waals surface area contributed by atoms with E-state index in [0.717, 1.165) is 28.9 Å². The van der Waals surface area contributed by atoms with Gasteiger partial charge in [-0.15, -0.1) is 11.3 Å². The largest absolute Gasteiger partial charge is 0.316 e. The van der Waals surface area contributed by atoms with E-state index >= 15 is 0 Å². The highest BCUT2D eigenvalue weighted by Crippen LogP contribution is 2.27. The summed E-state index contributed by atoms with van der Waals surface area (Å²) in [6, 6.07) is 6.33. The van der Waals surface area contributed by atoms with Crippen molar-refractivity contribution in [2.24, 2.45) is 5.92 Å². The molecule has 0 spiro atoms. The Bertz CT molecular complexity index is 503. The van der Waals surface area contributed by atoms with Crippen molar-refractivity contribution in [1.29, 1.82) is 0 Å². The van der Waals surface area contributed by atoms with Gasteiger partial charge in [0.15, 0.2) is 0 Å². The van der Waals surface area contributed by atoms with Crippen LogP contribution in [-0.4, -0.2) is 18.1 Å². The molecule has 1 aliphatic heterocycles. The maximum Gasteiger partial charge on any atom is 0.0941 e. The van der Waals surface area contributed by atoms with Gasteiger partial charge in [-0.3, -0.25) is 0 Å². The SMILES string of the molecule is Brc1ccc2sc(CC3CCNC3)nc2c1. The minimum Gasteiger partial charge on any atom is -0.316 e. The lowest BCUT2D eigenvalue weighted by atomic mass is 10.1. The minimum absolute atomic E-state index is 0.781. The van der Waals surface area contributed by atoms with Crippen LogP contribution in [-0.2, 0) is 6.42 Å². The second kappa shape index (κ2) is 4.43. The number of aromatic nitrogens is 1. The van der Waals surface area contributed by atoms with Crippen LogP contribution in [0.15, 0.2) is 22.7 Å². The summed E-state index contributed by atoms with van der Waals surface area (Å²) in [6.45, 7) is 2.32. The molecule has 2 aromatic rings. The second-order valence-corrected chi connectivity index (χ2v) is 6.31. The van der Waals surface area contributed by atoms with Crippen molar-refractivity contribution >= 4 is 37.5 Å². The minimum atomic E-state index is 0.781. The molecule has 84 valence electrons. The molecule has 4 heteroatoms. The molecule has 2 nitrogen and oxygen atoms in total. The average molecular weight is 297 g/mol. The van der Waals surface area contributed by atoms with Crippen molar-refractivity contribution in [3.63, 3.8) is 0 Å². The molecule has 0 amide bonds. The number of rotatable bonds is 2. The van der Waals surface area contributed by atoms with Crippen LogP contribution < -0.4 is 5.32 Å². The van der Waals surface area contributed by atoms with Crippen LogP contribution in [0.4, 0.5) is 0 Å². The van der Waals surface area contributed by atoms with Gasteiger partial charge >= 0.3 is 0 Å². The van der Waals surface area contributed by atoms with Gasteiger partial charge < -0.3 is 5.32 Å². The fourth-order valence-corrected chi connectivity index (χ4v) is 3.58. The lowest BCUT2D eigenvalue weighted by molar-refractivity contribution is 0.579. The van der Waals surface area contributed by atoms with Crippen molar-refractivity contribution in [2.45, 2.75) is 12.8 Å². The predicted molar refractivity (Wildman–Crippen MR) is 72.0 cm³/mol. The smallest absolute Gasteiger partial charge is 0.0941 e. The van der Waals surface area contributed by atoms with Gasteiger partial charge in [-0.1, -0.05) is 15.9 Å². The maximum absolute atomic E-state index is 4.70. The van der Waals surface area contributed by atoms with E-state index in [1.807, 2.05) is 11.3 Å². The van der Waals surface area contributed by atoms with Crippen LogP contribution in [0.25, 0.3) is 10.2 Å². The zero-order chi connectivity index (χ0) is 11.0. The zero-order valence-electron chi connectivity index (χ0n) is 8.87. The summed E-state index contributed by atoms with van der Waals surface area (Å²) in [5.41, 5.74) is 1.13. The number of hydrogen-bond donors (Lipinski definition) is 1. The van der Waals surface area contributed by atoms with Gasteiger partial charge in [0, 0.05) is 10.9 Å². The first-order chi connectivity index (χ1) is 7.81. The monoisotopic (exact) mass is 296 g/mol. The Morgan fingerprint density at radius 1 is 1.50 bits per heavy atom. The van der Waals surface area contributed by atoms with Gasteiger partial charge in [0.25, 0.3) is 0 Å². The van der Waals surface area contributed by atoms with Crippen molar-refractivity contribution in [1.82, 2.24) is 10.3 Å². The molecule has 1 saturated heterocycles. The topological polar surface area (TPSA) is 24.9 Å². The number of hydrogen-bond acceptors (Lipinski definition) is 3. The van der Waals surface area contributed by atoms with Crippen molar-refractivity contribution in [3.8, 4) is 0 Å². The van der Waals surface area contributed by atoms with E-state index in [9.17, 15) is 0 Å². The fraction of sp³-hybridized carbons (Fsp3) is 0.417. The van der Waals surface area contributed by atoms with Crippen LogP contribution >= 0.6 is 27.3 Å². The van der Waals surface area contributed by atoms with Gasteiger partial charge in [0.2, 0.25) is 0 Å². The predicted octanol–water partition coefficient (Wildman–Crippen LogP) is 3.21. The van der Waals surface area contributed by atoms with Crippen LogP contribution in [0.3, 0.4) is 0 Å². The Labute approximate surface area is 107 Å². The fourth-order valence-electron chi connectivity index (χ4n) is 2.17. The number of nitrogens with zero attached hydrogens (tertiary/aromatic N) is 1. The molecule has 1 unspecified atom stereocenters. The molecule has 1 aromatic carbocycles. The molecule has 16 heavy (non-hydrogen) atoms. The number of fused-ring (bicyclic) bond motifs is 1. The van der Waals surface area contributed by atoms with Gasteiger partial charge in [-0.05, 0) is 43.6 Å². The summed E-state index contributed by atoms with van der Waals surface area (Å²) in [7, 11) is 0. The summed E-state index contributed by atoms with van der Waals surface area (Å²) in [4.78, 5) is 4.70. The molecule has 0 saturated carbocycles. The molecule has 0 bridgehead atoms. The molecule has 1 aromatic heterocycles. The molecule has 1 aliphatic rings. The molecule has 1 atom stereocenters. The third kappa shape index (κ3) is 2.14. The number of halogens is 1. The number of benzene rings is 1. The average Bonchev–Trinajstić information content (AvgIpc) is 2.86. The Hall–Kier alpha value is -0.450. The van der Waals surface area contributed by atoms with Crippen molar-refractivity contribution in [2.75, 3.05) is 13.1 Å². The standard InChI is InChI=1S/C12H13BrN2S/c13-9-1-2-11-10(6-9)15-12(16-11)5-8-3-4-14-7-8/h1-2,6,8,14H,3-5,7H2. The van der Waals surface area contributed by atoms with Crippen molar-refractivity contribution < 1.29 is 0 Å². The van der Waals surface area contributed by atoms with Crippen molar-refractivity contribution in [3.05, 3.63) is 27.7 Å². The number of nitrogens with one attached hydrogen (secondary N) is 1. The lowest BCUT2D eigenvalue weighted by Crippen LogP contribution is -2.10. The third-order valence-electron chi connectivity index (χ3n) is 3.02. The molecule has 3 rings (SSSR count). The van der Waals surface area contributed by atoms with E-state index in [2.05, 4.69) is 39.4 Å². The Balaban J connectivity index is 1.86. The first-order valence-electron chi connectivity index (χ1n) is 5.57. The molecular formula is C12H13BrN2S. The van der Waals surface area contributed by atoms with Crippen LogP contribution in [0.2, 0.25) is 0 Å². The van der Waals surface area contributed by atoms with E-state index in [4.69, 9.17) is 4.98 Å². The van der Waals surface area contributed by atoms with E-state index in [1.54, 1.807) is 0 Å². The quantitative estimate of drug-likeness (QED) is 0.920. The molecule has 2 heterocycles. The summed E-state index contributed by atoms with van der Waals surface area (Å²) in [5, 5.41) is 4.68. The summed E-state index contributed by atoms with van der Waals surface area (Å²) in [6.07, 6.45) is 2.42. The van der Waals surface area contributed by atoms with Gasteiger partial charge in [0.1, 0.15) is 0 Å². The number of thiazole rings is 1. The Morgan fingerprint density at radius 3 is 3.25 bits per heavy atom. The molecule has 0 radical (unpaired) electrons. The highest BCUT2D eigenvalue weighted by atomic mass is 79.9. The van der Waals surface area contributed by atoms with E-state index in [1.165, 1.54) is 22.7 Å². The van der Waals surface area contributed by atoms with E-state index in [-0.39, 0.29) is 0 Å². The first-order valence-corrected chi connectivity index (χ1v) is 7.18. The van der Waals surface area contributed by atoms with E-state index < -0.39 is 0 Å². The first kappa shape index (κ1) is 10.7. The molecule has 1 N–H and O–H groups in total. The lowest BCUT2D eigenvalue weighted by Gasteiger charge is -2.03. The van der Waals surface area contributed by atoms with Gasteiger partial charge in [-0.2, -0.15) is 0 Å². The van der Waals surface area contributed by atoms with Gasteiger partial charge in [-0.25, -0.2) is 4.98 Å². The van der Waals surface area contributed by atoms with Crippen LogP contribution in [0.1, 0.15) is 11.4 Å². The highest BCUT2D eigenvalue weighted by molar-refractivity contribution is 9.10. The molecular weight excluding hydrogens is 284 g/mol. The van der Waals surface area contributed by atoms with Crippen LogP contribution in [0, 0.1) is 5.92 Å². The summed E-state index contributed by atoms with van der Waals surface area (Å²) in [5.74, 6) is 0.781. The summed E-state index contributed by atoms with van der Waals surface area (Å²) >= 11 is 5.32.